The normalized spacial score (nSPS) is 9.36. The fraction of sp³-hybridized carbons (Fsp3) is 0.263. The molecule has 1 N–H and O–H groups in total. The molecule has 2 aromatic heterocycles. The van der Waals surface area contributed by atoms with E-state index in [9.17, 15) is 0 Å². The number of aromatic amines is 1. The van der Waals surface area contributed by atoms with Crippen LogP contribution in [0.3, 0.4) is 0 Å². The summed E-state index contributed by atoms with van der Waals surface area (Å²) in [7, 11) is 0. The van der Waals surface area contributed by atoms with Crippen molar-refractivity contribution in [3.05, 3.63) is 132 Å². The summed E-state index contributed by atoms with van der Waals surface area (Å²) in [4.78, 5) is 3.12. The number of aryl methyl sites for hydroxylation is 1. The van der Waals surface area contributed by atoms with Gasteiger partial charge in [0.1, 0.15) is 0 Å². The molecule has 42 heavy (non-hydrogen) atoms. The van der Waals surface area contributed by atoms with Gasteiger partial charge in [0, 0.05) is 16.4 Å². The molecule has 3 nitrogen and oxygen atoms in total. The molecule has 0 saturated heterocycles. The molecule has 6 aromatic rings. The molecule has 0 atom stereocenters. The molecular weight excluding hydrogens is 534 g/mol. The van der Waals surface area contributed by atoms with Gasteiger partial charge in [-0.2, -0.15) is 0 Å². The molecule has 0 amide bonds. The van der Waals surface area contributed by atoms with Crippen LogP contribution in [0.2, 0.25) is 0 Å². The van der Waals surface area contributed by atoms with Crippen LogP contribution < -0.4 is 9.47 Å². The van der Waals surface area contributed by atoms with Crippen molar-refractivity contribution in [3.63, 3.8) is 0 Å². The number of ether oxygens (including phenoxy) is 2. The van der Waals surface area contributed by atoms with Gasteiger partial charge in [-0.15, -0.1) is 11.3 Å². The van der Waals surface area contributed by atoms with E-state index >= 15 is 0 Å². The molecule has 0 fully saturated rings. The van der Waals surface area contributed by atoms with Gasteiger partial charge in [0.05, 0.1) is 0 Å². The van der Waals surface area contributed by atoms with Crippen LogP contribution in [0.1, 0.15) is 61.0 Å². The zero-order chi connectivity index (χ0) is 31.4. The highest BCUT2D eigenvalue weighted by Gasteiger charge is 2.09. The molecule has 1 aliphatic heterocycles. The number of thiophene rings is 1. The van der Waals surface area contributed by atoms with Crippen LogP contribution in [0, 0.1) is 6.92 Å². The highest BCUT2D eigenvalue weighted by atomic mass is 32.1. The van der Waals surface area contributed by atoms with Crippen LogP contribution in [0.15, 0.2) is 127 Å². The van der Waals surface area contributed by atoms with Gasteiger partial charge in [0.15, 0.2) is 11.5 Å². The first-order valence-electron chi connectivity index (χ1n) is 15.1. The van der Waals surface area contributed by atoms with Crippen LogP contribution in [0.4, 0.5) is 0 Å². The Morgan fingerprint density at radius 3 is 1.55 bits per heavy atom. The Kier molecular flexibility index (Phi) is 23.4. The van der Waals surface area contributed by atoms with Crippen molar-refractivity contribution < 1.29 is 9.47 Å². The van der Waals surface area contributed by atoms with Gasteiger partial charge in [-0.3, -0.25) is 0 Å². The average Bonchev–Trinajstić information content (AvgIpc) is 3.87. The Morgan fingerprint density at radius 1 is 0.524 bits per heavy atom. The molecule has 0 bridgehead atoms. The van der Waals surface area contributed by atoms with Crippen molar-refractivity contribution in [2.24, 2.45) is 0 Å². The lowest BCUT2D eigenvalue weighted by atomic mass is 10.2. The second kappa shape index (κ2) is 25.9. The lowest BCUT2D eigenvalue weighted by Gasteiger charge is -1.89. The predicted molar refractivity (Wildman–Crippen MR) is 189 cm³/mol. The van der Waals surface area contributed by atoms with Crippen molar-refractivity contribution in [2.45, 2.75) is 62.3 Å². The van der Waals surface area contributed by atoms with Gasteiger partial charge in [-0.25, -0.2) is 0 Å². The van der Waals surface area contributed by atoms with Gasteiger partial charge in [0.2, 0.25) is 6.79 Å². The largest absolute Gasteiger partial charge is 0.454 e. The van der Waals surface area contributed by atoms with Crippen LogP contribution in [0.25, 0.3) is 21.0 Å². The summed E-state index contributed by atoms with van der Waals surface area (Å²) in [6.45, 7) is 18.4. The van der Waals surface area contributed by atoms with E-state index in [1.807, 2.05) is 116 Å². The molecule has 0 spiro atoms. The Bertz CT molecular complexity index is 1260. The number of aromatic nitrogens is 1. The van der Waals surface area contributed by atoms with E-state index in [-0.39, 0.29) is 0 Å². The van der Waals surface area contributed by atoms with E-state index < -0.39 is 0 Å². The van der Waals surface area contributed by atoms with E-state index in [1.54, 1.807) is 11.3 Å². The minimum atomic E-state index is 0.360. The van der Waals surface area contributed by atoms with Crippen molar-refractivity contribution in [1.82, 2.24) is 4.98 Å². The summed E-state index contributed by atoms with van der Waals surface area (Å²) in [5.74, 6) is 1.69. The maximum Gasteiger partial charge on any atom is 0.231 e. The minimum Gasteiger partial charge on any atom is -0.454 e. The molecule has 3 heterocycles. The van der Waals surface area contributed by atoms with E-state index in [0.29, 0.717) is 6.79 Å². The molecule has 0 radical (unpaired) electrons. The third-order valence-corrected chi connectivity index (χ3v) is 5.94. The monoisotopic (exact) mass is 585 g/mol. The molecule has 1 aliphatic rings. The third-order valence-electron chi connectivity index (χ3n) is 5.04. The van der Waals surface area contributed by atoms with Crippen LogP contribution >= 0.6 is 11.3 Å². The van der Waals surface area contributed by atoms with Gasteiger partial charge in [-0.05, 0) is 59.5 Å². The molecule has 226 valence electrons. The van der Waals surface area contributed by atoms with Crippen LogP contribution in [0.5, 0.6) is 11.5 Å². The predicted octanol–water partition coefficient (Wildman–Crippen LogP) is 12.6. The SMILES string of the molecule is CC.CC.CC.CC.Cc1ccccc1.c1ccc2[nH]ccc2c1.c1ccc2c(c1)OCO2.c1ccc2sccc2c1. The van der Waals surface area contributed by atoms with Gasteiger partial charge < -0.3 is 14.5 Å². The number of H-pyrrole nitrogens is 1. The highest BCUT2D eigenvalue weighted by molar-refractivity contribution is 7.17. The first-order chi connectivity index (χ1) is 20.8. The standard InChI is InChI=1S/C8H7N.C8H6S.C7H6O2.C7H8.4C2H6/c2*1-2-4-8-7(3-1)5-6-9-8;1-2-4-7-6(3-1)8-5-9-7;1-7-5-3-2-4-6-7;4*1-2/h1-6,9H;1-6H;1-4H,5H2;2-6H,1H3;4*1-2H3. The fourth-order valence-electron chi connectivity index (χ4n) is 3.28. The third kappa shape index (κ3) is 14.6. The van der Waals surface area contributed by atoms with E-state index in [0.717, 1.165) is 11.5 Å². The Hall–Kier alpha value is -4.02. The number of nitrogens with one attached hydrogen (secondary N) is 1. The maximum absolute atomic E-state index is 5.08. The molecule has 4 aromatic carbocycles. The second-order valence-electron chi connectivity index (χ2n) is 7.53. The molecule has 0 saturated carbocycles. The average molecular weight is 586 g/mol. The van der Waals surface area contributed by atoms with Crippen molar-refractivity contribution in [2.75, 3.05) is 6.79 Å². The van der Waals surface area contributed by atoms with Gasteiger partial charge >= 0.3 is 0 Å². The first-order valence-corrected chi connectivity index (χ1v) is 16.0. The number of hydrogen-bond donors (Lipinski definition) is 1. The number of para-hydroxylation sites is 3. The second-order valence-corrected chi connectivity index (χ2v) is 8.48. The molecular formula is C38H51NO2S. The summed E-state index contributed by atoms with van der Waals surface area (Å²) in [6.07, 6.45) is 1.95. The maximum atomic E-state index is 5.08. The highest BCUT2D eigenvalue weighted by Crippen LogP contribution is 2.30. The zero-order valence-electron chi connectivity index (χ0n) is 27.1. The van der Waals surface area contributed by atoms with Crippen LogP contribution in [-0.4, -0.2) is 11.8 Å². The van der Waals surface area contributed by atoms with E-state index in [2.05, 4.69) is 78.0 Å². The number of rotatable bonds is 0. The van der Waals surface area contributed by atoms with Crippen molar-refractivity contribution in [3.8, 4) is 11.5 Å². The van der Waals surface area contributed by atoms with E-state index in [1.165, 1.54) is 26.6 Å². The Labute approximate surface area is 259 Å². The molecule has 0 unspecified atom stereocenters. The summed E-state index contributed by atoms with van der Waals surface area (Å²) >= 11 is 1.79. The topological polar surface area (TPSA) is 34.2 Å². The summed E-state index contributed by atoms with van der Waals surface area (Å²) in [5, 5.41) is 4.74. The number of hydrogen-bond acceptors (Lipinski definition) is 3. The zero-order valence-corrected chi connectivity index (χ0v) is 27.9. The summed E-state index contributed by atoms with van der Waals surface area (Å²) in [6, 6.07) is 38.7. The lowest BCUT2D eigenvalue weighted by molar-refractivity contribution is 0.174. The van der Waals surface area contributed by atoms with Gasteiger partial charge in [0.25, 0.3) is 0 Å². The molecule has 7 rings (SSSR count). The Balaban J connectivity index is 0.000000496. The van der Waals surface area contributed by atoms with E-state index in [4.69, 9.17) is 9.47 Å². The van der Waals surface area contributed by atoms with Gasteiger partial charge in [-0.1, -0.05) is 140 Å². The number of fused-ring (bicyclic) bond motifs is 3. The summed E-state index contributed by atoms with van der Waals surface area (Å²) < 4.78 is 11.5. The fourth-order valence-corrected chi connectivity index (χ4v) is 4.07. The van der Waals surface area contributed by atoms with Crippen molar-refractivity contribution >= 4 is 32.3 Å². The van der Waals surface area contributed by atoms with Crippen molar-refractivity contribution in [1.29, 1.82) is 0 Å². The molecule has 0 aliphatic carbocycles. The van der Waals surface area contributed by atoms with Crippen LogP contribution in [-0.2, 0) is 0 Å². The smallest absolute Gasteiger partial charge is 0.231 e. The molecule has 4 heteroatoms. The Morgan fingerprint density at radius 2 is 1.02 bits per heavy atom. The lowest BCUT2D eigenvalue weighted by Crippen LogP contribution is -1.92. The first kappa shape index (κ1) is 38.0. The number of benzene rings is 4. The quantitative estimate of drug-likeness (QED) is 0.192. The minimum absolute atomic E-state index is 0.360. The summed E-state index contributed by atoms with van der Waals surface area (Å²) in [5.41, 5.74) is 2.53.